The first kappa shape index (κ1) is 16.6. The Hall–Kier alpha value is -1.44. The first-order valence-electron chi connectivity index (χ1n) is 6.35. The third kappa shape index (κ3) is 4.03. The molecule has 0 aromatic heterocycles. The smallest absolute Gasteiger partial charge is 0.241 e. The summed E-state index contributed by atoms with van der Waals surface area (Å²) < 4.78 is 26.6. The molecular weight excluding hydrogens is 278 g/mol. The van der Waals surface area contributed by atoms with E-state index < -0.39 is 10.0 Å². The fourth-order valence-electron chi connectivity index (χ4n) is 1.69. The predicted molar refractivity (Wildman–Crippen MR) is 77.6 cm³/mol. The Morgan fingerprint density at radius 1 is 1.40 bits per heavy atom. The molecule has 0 aliphatic heterocycles. The van der Waals surface area contributed by atoms with Crippen molar-refractivity contribution in [1.29, 1.82) is 0 Å². The lowest BCUT2D eigenvalue weighted by atomic mass is 10.1. The molecule has 0 atom stereocenters. The normalized spacial score (nSPS) is 11.4. The lowest BCUT2D eigenvalue weighted by Gasteiger charge is -2.15. The van der Waals surface area contributed by atoms with E-state index in [2.05, 4.69) is 4.72 Å². The average molecular weight is 299 g/mol. The van der Waals surface area contributed by atoms with Crippen molar-refractivity contribution in [1.82, 2.24) is 9.62 Å². The van der Waals surface area contributed by atoms with E-state index in [-0.39, 0.29) is 17.3 Å². The highest BCUT2D eigenvalue weighted by atomic mass is 32.2. The number of nitrogens with two attached hydrogens (primary N) is 1. The van der Waals surface area contributed by atoms with Crippen molar-refractivity contribution < 1.29 is 13.2 Å². The quantitative estimate of drug-likeness (QED) is 0.785. The van der Waals surface area contributed by atoms with Crippen LogP contribution in [-0.2, 0) is 21.4 Å². The van der Waals surface area contributed by atoms with E-state index in [0.717, 1.165) is 5.56 Å². The minimum absolute atomic E-state index is 0.168. The number of carbonyl (C=O) groups is 1. The number of amides is 1. The van der Waals surface area contributed by atoms with Gasteiger partial charge < -0.3 is 10.6 Å². The molecular formula is C13H21N3O3S. The number of hydrogen-bond donors (Lipinski definition) is 2. The molecule has 6 nitrogen and oxygen atoms in total. The van der Waals surface area contributed by atoms with Gasteiger partial charge in [-0.1, -0.05) is 12.1 Å². The number of carbonyl (C=O) groups excluding carboxylic acids is 1. The van der Waals surface area contributed by atoms with Crippen LogP contribution in [0.5, 0.6) is 0 Å². The van der Waals surface area contributed by atoms with Gasteiger partial charge in [0.05, 0.1) is 11.4 Å². The van der Waals surface area contributed by atoms with E-state index in [1.54, 1.807) is 26.1 Å². The van der Waals surface area contributed by atoms with Gasteiger partial charge in [-0.05, 0) is 31.0 Å². The molecule has 0 unspecified atom stereocenters. The Labute approximate surface area is 120 Å². The van der Waals surface area contributed by atoms with Crippen molar-refractivity contribution >= 4 is 15.9 Å². The van der Waals surface area contributed by atoms with E-state index in [1.165, 1.54) is 11.0 Å². The van der Waals surface area contributed by atoms with Crippen molar-refractivity contribution in [3.8, 4) is 0 Å². The number of rotatable bonds is 6. The molecule has 1 amide bonds. The maximum absolute atomic E-state index is 12.2. The van der Waals surface area contributed by atoms with Gasteiger partial charge in [0.2, 0.25) is 15.9 Å². The molecule has 0 heterocycles. The largest absolute Gasteiger partial charge is 0.345 e. The summed E-state index contributed by atoms with van der Waals surface area (Å²) in [7, 11) is -2.07. The van der Waals surface area contributed by atoms with Gasteiger partial charge in [0.1, 0.15) is 0 Å². The van der Waals surface area contributed by atoms with Crippen molar-refractivity contribution in [2.75, 3.05) is 20.1 Å². The summed E-state index contributed by atoms with van der Waals surface area (Å²) >= 11 is 0. The number of likely N-dealkylation sites (N-methyl/N-ethyl adjacent to an activating group) is 1. The van der Waals surface area contributed by atoms with Crippen LogP contribution in [0.4, 0.5) is 0 Å². The Morgan fingerprint density at radius 2 is 2.05 bits per heavy atom. The van der Waals surface area contributed by atoms with Gasteiger partial charge in [0, 0.05) is 20.1 Å². The average Bonchev–Trinajstić information content (AvgIpc) is 2.43. The molecule has 0 aliphatic rings. The van der Waals surface area contributed by atoms with Crippen LogP contribution >= 0.6 is 0 Å². The number of benzene rings is 1. The van der Waals surface area contributed by atoms with Crippen LogP contribution in [-0.4, -0.2) is 39.4 Å². The molecule has 0 spiro atoms. The summed E-state index contributed by atoms with van der Waals surface area (Å²) in [6.07, 6.45) is 0. The van der Waals surface area contributed by atoms with Crippen LogP contribution in [0.2, 0.25) is 0 Å². The molecule has 0 saturated heterocycles. The van der Waals surface area contributed by atoms with Gasteiger partial charge in [-0.25, -0.2) is 13.1 Å². The number of nitrogens with one attached hydrogen (secondary N) is 1. The Kier molecular flexibility index (Phi) is 5.67. The Balaban J connectivity index is 2.87. The second-order valence-electron chi connectivity index (χ2n) is 4.54. The zero-order valence-corrected chi connectivity index (χ0v) is 12.8. The summed E-state index contributed by atoms with van der Waals surface area (Å²) in [5.74, 6) is -0.271. The second-order valence-corrected chi connectivity index (χ2v) is 6.27. The van der Waals surface area contributed by atoms with Gasteiger partial charge >= 0.3 is 0 Å². The molecule has 0 fully saturated rings. The van der Waals surface area contributed by atoms with Crippen LogP contribution in [0.1, 0.15) is 18.1 Å². The van der Waals surface area contributed by atoms with Crippen molar-refractivity contribution in [2.24, 2.45) is 5.73 Å². The topological polar surface area (TPSA) is 92.5 Å². The van der Waals surface area contributed by atoms with Crippen LogP contribution in [0.3, 0.4) is 0 Å². The van der Waals surface area contributed by atoms with Crippen molar-refractivity contribution in [3.63, 3.8) is 0 Å². The summed E-state index contributed by atoms with van der Waals surface area (Å²) in [6, 6.07) is 4.91. The number of sulfonamides is 1. The molecule has 112 valence electrons. The first-order chi connectivity index (χ1) is 9.31. The molecule has 0 saturated carbocycles. The van der Waals surface area contributed by atoms with Crippen LogP contribution in [0, 0.1) is 6.92 Å². The molecule has 20 heavy (non-hydrogen) atoms. The van der Waals surface area contributed by atoms with Gasteiger partial charge in [-0.15, -0.1) is 0 Å². The SMILES string of the molecule is CCN(C)C(=O)CNS(=O)(=O)c1ccc(CN)cc1C. The lowest BCUT2D eigenvalue weighted by Crippen LogP contribution is -2.38. The fraction of sp³-hybridized carbons (Fsp3) is 0.462. The van der Waals surface area contributed by atoms with E-state index >= 15 is 0 Å². The fourth-order valence-corrected chi connectivity index (χ4v) is 2.88. The lowest BCUT2D eigenvalue weighted by molar-refractivity contribution is -0.128. The van der Waals surface area contributed by atoms with Gasteiger partial charge in [0.15, 0.2) is 0 Å². The number of hydrogen-bond acceptors (Lipinski definition) is 4. The van der Waals surface area contributed by atoms with E-state index in [1.807, 2.05) is 6.92 Å². The molecule has 1 aromatic carbocycles. The predicted octanol–water partition coefficient (Wildman–Crippen LogP) is 0.210. The van der Waals surface area contributed by atoms with Gasteiger partial charge in [-0.2, -0.15) is 0 Å². The van der Waals surface area contributed by atoms with E-state index in [0.29, 0.717) is 18.7 Å². The monoisotopic (exact) mass is 299 g/mol. The molecule has 3 N–H and O–H groups in total. The first-order valence-corrected chi connectivity index (χ1v) is 7.83. The summed E-state index contributed by atoms with van der Waals surface area (Å²) in [5.41, 5.74) is 6.98. The highest BCUT2D eigenvalue weighted by Gasteiger charge is 2.18. The van der Waals surface area contributed by atoms with Crippen molar-refractivity contribution in [2.45, 2.75) is 25.3 Å². The van der Waals surface area contributed by atoms with Crippen molar-refractivity contribution in [3.05, 3.63) is 29.3 Å². The Bertz CT molecular complexity index is 585. The van der Waals surface area contributed by atoms with E-state index in [9.17, 15) is 13.2 Å². The van der Waals surface area contributed by atoms with Crippen LogP contribution in [0.25, 0.3) is 0 Å². The van der Waals surface area contributed by atoms with Gasteiger partial charge in [0.25, 0.3) is 0 Å². The zero-order valence-electron chi connectivity index (χ0n) is 12.0. The summed E-state index contributed by atoms with van der Waals surface area (Å²) in [5, 5.41) is 0. The van der Waals surface area contributed by atoms with E-state index in [4.69, 9.17) is 5.73 Å². The molecule has 0 radical (unpaired) electrons. The highest BCUT2D eigenvalue weighted by molar-refractivity contribution is 7.89. The Morgan fingerprint density at radius 3 is 2.55 bits per heavy atom. The van der Waals surface area contributed by atoms with Crippen LogP contribution < -0.4 is 10.5 Å². The maximum atomic E-state index is 12.2. The minimum atomic E-state index is -3.69. The number of nitrogens with zero attached hydrogens (tertiary/aromatic N) is 1. The molecule has 0 bridgehead atoms. The minimum Gasteiger partial charge on any atom is -0.345 e. The zero-order chi connectivity index (χ0) is 15.3. The standard InChI is InChI=1S/C13H21N3O3S/c1-4-16(3)13(17)9-15-20(18,19)12-6-5-11(8-14)7-10(12)2/h5-7,15H,4,8-9,14H2,1-3H3. The highest BCUT2D eigenvalue weighted by Crippen LogP contribution is 2.16. The molecule has 1 aromatic rings. The summed E-state index contributed by atoms with van der Waals surface area (Å²) in [4.78, 5) is 13.2. The van der Waals surface area contributed by atoms with Crippen LogP contribution in [0.15, 0.2) is 23.1 Å². The maximum Gasteiger partial charge on any atom is 0.241 e. The molecule has 7 heteroatoms. The summed E-state index contributed by atoms with van der Waals surface area (Å²) in [6.45, 7) is 4.17. The van der Waals surface area contributed by atoms with Gasteiger partial charge in [-0.3, -0.25) is 4.79 Å². The molecule has 0 aliphatic carbocycles. The molecule has 1 rings (SSSR count). The number of aryl methyl sites for hydroxylation is 1. The third-order valence-corrected chi connectivity index (χ3v) is 4.64. The third-order valence-electron chi connectivity index (χ3n) is 3.08. The second kappa shape index (κ2) is 6.83.